The van der Waals surface area contributed by atoms with Crippen LogP contribution in [0.2, 0.25) is 0 Å². The average molecular weight is 138 g/mol. The molecule has 10 heavy (non-hydrogen) atoms. The molecular weight excluding hydrogens is 128 g/mol. The number of carbonyl (C=O) groups excluding carboxylic acids is 1. The molecule has 0 aromatic carbocycles. The zero-order valence-electron chi connectivity index (χ0n) is 6.09. The first kappa shape index (κ1) is 8.70. The van der Waals surface area contributed by atoms with E-state index < -0.39 is 5.91 Å². The predicted octanol–water partition coefficient (Wildman–Crippen LogP) is 0.578. The highest BCUT2D eigenvalue weighted by molar-refractivity contribution is 5.95. The Labute approximate surface area is 60.1 Å². The van der Waals surface area contributed by atoms with Gasteiger partial charge in [0.05, 0.1) is 0 Å². The van der Waals surface area contributed by atoms with Gasteiger partial charge in [-0.25, -0.2) is 0 Å². The Morgan fingerprint density at radius 1 is 1.70 bits per heavy atom. The van der Waals surface area contributed by atoms with Crippen molar-refractivity contribution in [2.24, 2.45) is 11.7 Å². The van der Waals surface area contributed by atoms with E-state index in [0.29, 0.717) is 0 Å². The summed E-state index contributed by atoms with van der Waals surface area (Å²) in [6.07, 6.45) is 1.54. The van der Waals surface area contributed by atoms with Crippen molar-refractivity contribution in [1.82, 2.24) is 0 Å². The molecule has 0 aromatic rings. The van der Waals surface area contributed by atoms with Crippen LogP contribution in [0.5, 0.6) is 0 Å². The summed E-state index contributed by atoms with van der Waals surface area (Å²) >= 11 is 0. The molecule has 0 aliphatic rings. The molecule has 0 aliphatic carbocycles. The number of primary amides is 1. The molecule has 1 amide bonds. The van der Waals surface area contributed by atoms with Crippen LogP contribution in [0.25, 0.3) is 0 Å². The number of rotatable bonds is 2. The molecule has 0 bridgehead atoms. The van der Waals surface area contributed by atoms with E-state index in [1.807, 2.05) is 13.8 Å². The van der Waals surface area contributed by atoms with Crippen molar-refractivity contribution in [2.45, 2.75) is 13.8 Å². The second kappa shape index (κ2) is 3.67. The summed E-state index contributed by atoms with van der Waals surface area (Å²) in [5.74, 6) is -0.474. The molecule has 0 rings (SSSR count). The fourth-order valence-electron chi connectivity index (χ4n) is 0.508. The molecule has 0 unspecified atom stereocenters. The number of nitrogens with zero attached hydrogens (tertiary/aromatic N) is 1. The highest BCUT2D eigenvalue weighted by Crippen LogP contribution is 1.99. The van der Waals surface area contributed by atoms with Crippen LogP contribution in [0.4, 0.5) is 0 Å². The summed E-state index contributed by atoms with van der Waals surface area (Å²) in [6.45, 7) is 3.75. The van der Waals surface area contributed by atoms with Gasteiger partial charge in [0, 0.05) is 0 Å². The van der Waals surface area contributed by atoms with Gasteiger partial charge in [0.15, 0.2) is 0 Å². The molecule has 2 N–H and O–H groups in total. The standard InChI is InChI=1S/C7H10N2O/c1-5(2)3-6(4-8)7(9)10/h3,5H,1-2H3,(H2,9,10)/b6-3+. The number of carbonyl (C=O) groups is 1. The zero-order chi connectivity index (χ0) is 8.15. The molecule has 54 valence electrons. The number of amides is 1. The SMILES string of the molecule is CC(C)/C=C(\C#N)C(N)=O. The van der Waals surface area contributed by atoms with E-state index in [4.69, 9.17) is 11.0 Å². The molecule has 0 radical (unpaired) electrons. The summed E-state index contributed by atoms with van der Waals surface area (Å²) in [4.78, 5) is 10.4. The summed E-state index contributed by atoms with van der Waals surface area (Å²) in [5, 5.41) is 8.33. The van der Waals surface area contributed by atoms with Crippen molar-refractivity contribution in [3.8, 4) is 6.07 Å². The molecule has 3 nitrogen and oxygen atoms in total. The lowest BCUT2D eigenvalue weighted by molar-refractivity contribution is -0.114. The van der Waals surface area contributed by atoms with Crippen molar-refractivity contribution < 1.29 is 4.79 Å². The molecule has 0 atom stereocenters. The normalized spacial score (nSPS) is 11.2. The van der Waals surface area contributed by atoms with E-state index in [9.17, 15) is 4.79 Å². The maximum Gasteiger partial charge on any atom is 0.259 e. The summed E-state index contributed by atoms with van der Waals surface area (Å²) in [7, 11) is 0. The second-order valence-electron chi connectivity index (χ2n) is 2.30. The highest BCUT2D eigenvalue weighted by atomic mass is 16.1. The van der Waals surface area contributed by atoms with Crippen molar-refractivity contribution in [2.75, 3.05) is 0 Å². The number of allylic oxidation sites excluding steroid dienone is 1. The zero-order valence-corrected chi connectivity index (χ0v) is 6.09. The summed E-state index contributed by atoms with van der Waals surface area (Å²) < 4.78 is 0. The predicted molar refractivity (Wildman–Crippen MR) is 37.7 cm³/mol. The van der Waals surface area contributed by atoms with Crippen molar-refractivity contribution >= 4 is 5.91 Å². The number of hydrogen-bond acceptors (Lipinski definition) is 2. The Hall–Kier alpha value is -1.30. The van der Waals surface area contributed by atoms with Gasteiger partial charge >= 0.3 is 0 Å². The molecule has 0 heterocycles. The smallest absolute Gasteiger partial charge is 0.259 e. The van der Waals surface area contributed by atoms with Crippen molar-refractivity contribution in [3.63, 3.8) is 0 Å². The van der Waals surface area contributed by atoms with E-state index in [1.54, 1.807) is 12.1 Å². The van der Waals surface area contributed by atoms with Gasteiger partial charge in [0.25, 0.3) is 5.91 Å². The largest absolute Gasteiger partial charge is 0.365 e. The van der Waals surface area contributed by atoms with Gasteiger partial charge in [0.1, 0.15) is 11.6 Å². The van der Waals surface area contributed by atoms with E-state index in [1.165, 1.54) is 0 Å². The van der Waals surface area contributed by atoms with E-state index in [-0.39, 0.29) is 11.5 Å². The van der Waals surface area contributed by atoms with Gasteiger partial charge in [-0.3, -0.25) is 4.79 Å². The Morgan fingerprint density at radius 3 is 2.30 bits per heavy atom. The molecule has 0 aromatic heterocycles. The third-order valence-electron chi connectivity index (χ3n) is 0.886. The minimum atomic E-state index is -0.656. The topological polar surface area (TPSA) is 66.9 Å². The third-order valence-corrected chi connectivity index (χ3v) is 0.886. The van der Waals surface area contributed by atoms with Crippen LogP contribution in [0.15, 0.2) is 11.6 Å². The quantitative estimate of drug-likeness (QED) is 0.448. The fraction of sp³-hybridized carbons (Fsp3) is 0.429. The van der Waals surface area contributed by atoms with E-state index in [0.717, 1.165) is 0 Å². The van der Waals surface area contributed by atoms with Crippen LogP contribution in [-0.2, 0) is 4.79 Å². The second-order valence-corrected chi connectivity index (χ2v) is 2.30. The lowest BCUT2D eigenvalue weighted by Gasteiger charge is -1.94. The molecule has 0 spiro atoms. The molecule has 0 saturated heterocycles. The van der Waals surface area contributed by atoms with E-state index >= 15 is 0 Å². The first-order chi connectivity index (χ1) is 4.57. The minimum absolute atomic E-state index is 0.0370. The lowest BCUT2D eigenvalue weighted by atomic mass is 10.1. The molecular formula is C7H10N2O. The van der Waals surface area contributed by atoms with Crippen molar-refractivity contribution in [1.29, 1.82) is 5.26 Å². The minimum Gasteiger partial charge on any atom is -0.365 e. The van der Waals surface area contributed by atoms with Crippen molar-refractivity contribution in [3.05, 3.63) is 11.6 Å². The van der Waals surface area contributed by atoms with Gasteiger partial charge in [-0.05, 0) is 5.92 Å². The molecule has 0 fully saturated rings. The average Bonchev–Trinajstić information content (AvgIpc) is 1.81. The Balaban J connectivity index is 4.39. The van der Waals surface area contributed by atoms with Crippen LogP contribution in [-0.4, -0.2) is 5.91 Å². The number of nitriles is 1. The van der Waals surface area contributed by atoms with Crippen LogP contribution in [0.3, 0.4) is 0 Å². The van der Waals surface area contributed by atoms with Crippen LogP contribution in [0, 0.1) is 17.2 Å². The fourth-order valence-corrected chi connectivity index (χ4v) is 0.508. The monoisotopic (exact) mass is 138 g/mol. The number of hydrogen-bond donors (Lipinski definition) is 1. The van der Waals surface area contributed by atoms with Gasteiger partial charge in [-0.2, -0.15) is 5.26 Å². The van der Waals surface area contributed by atoms with Gasteiger partial charge in [0.2, 0.25) is 0 Å². The van der Waals surface area contributed by atoms with Gasteiger partial charge < -0.3 is 5.73 Å². The van der Waals surface area contributed by atoms with Crippen LogP contribution >= 0.6 is 0 Å². The first-order valence-corrected chi connectivity index (χ1v) is 2.99. The lowest BCUT2D eigenvalue weighted by Crippen LogP contribution is -2.13. The van der Waals surface area contributed by atoms with E-state index in [2.05, 4.69) is 0 Å². The Morgan fingerprint density at radius 2 is 2.20 bits per heavy atom. The van der Waals surface area contributed by atoms with Crippen LogP contribution < -0.4 is 5.73 Å². The Kier molecular flexibility index (Phi) is 3.20. The first-order valence-electron chi connectivity index (χ1n) is 2.99. The number of nitrogens with two attached hydrogens (primary N) is 1. The molecule has 0 saturated carbocycles. The summed E-state index contributed by atoms with van der Waals surface area (Å²) in [5.41, 5.74) is 4.90. The van der Waals surface area contributed by atoms with Gasteiger partial charge in [-0.1, -0.05) is 19.9 Å². The van der Waals surface area contributed by atoms with Crippen LogP contribution in [0.1, 0.15) is 13.8 Å². The third kappa shape index (κ3) is 2.88. The Bertz CT molecular complexity index is 198. The van der Waals surface area contributed by atoms with Gasteiger partial charge in [-0.15, -0.1) is 0 Å². The maximum absolute atomic E-state index is 10.4. The maximum atomic E-state index is 10.4. The summed E-state index contributed by atoms with van der Waals surface area (Å²) in [6, 6.07) is 1.72. The molecule has 3 heteroatoms. The molecule has 0 aliphatic heterocycles. The highest BCUT2D eigenvalue weighted by Gasteiger charge is 2.02.